The molecule has 0 radical (unpaired) electrons. The SMILES string of the molecule is C=C.C=C(C)C.C=C(C)C(=C)C(C)CCC.C=C(C)CCC1(C)CC(CC(=C)CCCC(C)C(=C)C(=C)C)CC(C)(C)C1.C=C(C)CCCC(C)(C)C.CC.CC.CC.CC.CC.CCC1(C)CC(C)CC(C)(C)C1.CCCC(C)(C)C. The molecule has 0 bridgehead atoms. The largest absolute Gasteiger partial charge is 0.106 e. The average Bonchev–Trinajstić information content (AvgIpc) is 3.35. The van der Waals surface area contributed by atoms with Gasteiger partial charge in [-0.05, 0) is 207 Å². The molecule has 82 heavy (non-hydrogen) atoms. The summed E-state index contributed by atoms with van der Waals surface area (Å²) >= 11 is 0. The van der Waals surface area contributed by atoms with E-state index in [0.29, 0.717) is 44.3 Å². The second-order valence-corrected chi connectivity index (χ2v) is 28.8. The number of allylic oxidation sites excluding steroid dienone is 8. The Labute approximate surface area is 527 Å². The quantitative estimate of drug-likeness (QED) is 0.0842. The van der Waals surface area contributed by atoms with Crippen molar-refractivity contribution in [3.8, 4) is 0 Å². The smallest absolute Gasteiger partial charge is 0.0194 e. The molecular formula is C82H166. The molecule has 0 N–H and O–H groups in total. The van der Waals surface area contributed by atoms with Gasteiger partial charge in [-0.2, -0.15) is 0 Å². The van der Waals surface area contributed by atoms with E-state index in [1.54, 1.807) is 0 Å². The Morgan fingerprint density at radius 2 is 0.841 bits per heavy atom. The van der Waals surface area contributed by atoms with Crippen LogP contribution in [0.2, 0.25) is 0 Å². The molecule has 2 aliphatic rings. The molecule has 6 atom stereocenters. The van der Waals surface area contributed by atoms with E-state index in [4.69, 9.17) is 0 Å². The predicted octanol–water partition coefficient (Wildman–Crippen LogP) is 31.0. The van der Waals surface area contributed by atoms with Gasteiger partial charge in [-0.3, -0.25) is 0 Å². The molecule has 2 fully saturated rings. The first kappa shape index (κ1) is 102. The van der Waals surface area contributed by atoms with Crippen molar-refractivity contribution in [1.82, 2.24) is 0 Å². The standard InChI is InChI=1S/C27H46.C12H24.C10H20.C10H18.C7H16.C4H8.5C2H6.C2H4/c1-20(2)14-15-27(10)18-25(17-26(8,9)19-27)16-22(5)12-11-13-23(6)24(7)21(3)4;1-6-12(5)8-10(2)7-11(3,4)9-12;1-9(2)7-6-8-10(3,4)5;1-6-7-9(4)10(5)8(2)3;1-5-6-7(2,3)4;1-4(2)3;6*1-2/h23,25H,1,3,5,7,11-19H2,2,4,6,8-10H3;10H,6-9H2,1-5H3;1,6-8H2,2-5H3;9H,2,5-7H2,1,3-4H3;5-6H2,1-4H3;1H2,2-3H3;5*1-2H3;1-2H2. The summed E-state index contributed by atoms with van der Waals surface area (Å²) < 4.78 is 0. The Morgan fingerprint density at radius 1 is 0.476 bits per heavy atom. The molecular weight excluding hydrogens is 985 g/mol. The number of hydrogen-bond acceptors (Lipinski definition) is 0. The highest BCUT2D eigenvalue weighted by Gasteiger charge is 2.41. The Hall–Kier alpha value is -2.34. The van der Waals surface area contributed by atoms with Gasteiger partial charge in [0.2, 0.25) is 0 Å². The van der Waals surface area contributed by atoms with Crippen LogP contribution in [0, 0.1) is 56.2 Å². The van der Waals surface area contributed by atoms with Gasteiger partial charge < -0.3 is 0 Å². The van der Waals surface area contributed by atoms with Crippen molar-refractivity contribution < 1.29 is 0 Å². The molecule has 2 rings (SSSR count). The zero-order chi connectivity index (χ0) is 68.1. The molecule has 0 amide bonds. The summed E-state index contributed by atoms with van der Waals surface area (Å²) in [4.78, 5) is 0. The molecule has 2 saturated carbocycles. The fourth-order valence-electron chi connectivity index (χ4n) is 11.6. The van der Waals surface area contributed by atoms with Gasteiger partial charge >= 0.3 is 0 Å². The lowest BCUT2D eigenvalue weighted by Crippen LogP contribution is -2.36. The second-order valence-electron chi connectivity index (χ2n) is 28.8. The minimum Gasteiger partial charge on any atom is -0.106 e. The lowest BCUT2D eigenvalue weighted by Gasteiger charge is -2.47. The lowest BCUT2D eigenvalue weighted by molar-refractivity contribution is 0.0475. The summed E-state index contributed by atoms with van der Waals surface area (Å²) in [5.41, 5.74) is 13.1. The van der Waals surface area contributed by atoms with Crippen molar-refractivity contribution in [2.45, 2.75) is 364 Å². The van der Waals surface area contributed by atoms with Crippen LogP contribution >= 0.6 is 0 Å². The van der Waals surface area contributed by atoms with Crippen molar-refractivity contribution in [2.75, 3.05) is 0 Å². The first-order chi connectivity index (χ1) is 37.5. The van der Waals surface area contributed by atoms with E-state index in [1.165, 1.54) is 155 Å². The van der Waals surface area contributed by atoms with E-state index in [2.05, 4.69) is 211 Å². The molecule has 0 spiro atoms. The Balaban J connectivity index is -0.0000000995. The van der Waals surface area contributed by atoms with E-state index >= 15 is 0 Å². The Bertz CT molecular complexity index is 1540. The van der Waals surface area contributed by atoms with E-state index in [0.717, 1.165) is 29.4 Å². The van der Waals surface area contributed by atoms with Gasteiger partial charge in [0.15, 0.2) is 0 Å². The van der Waals surface area contributed by atoms with Crippen molar-refractivity contribution in [3.63, 3.8) is 0 Å². The molecule has 0 nitrogen and oxygen atoms in total. The monoisotopic (exact) mass is 1150 g/mol. The summed E-state index contributed by atoms with van der Waals surface area (Å²) in [5, 5.41) is 0. The zero-order valence-electron chi connectivity index (χ0n) is 64.5. The van der Waals surface area contributed by atoms with Crippen molar-refractivity contribution in [2.24, 2.45) is 56.2 Å². The van der Waals surface area contributed by atoms with Crippen molar-refractivity contribution in [3.05, 3.63) is 110 Å². The topological polar surface area (TPSA) is 0 Å². The predicted molar refractivity (Wildman–Crippen MR) is 398 cm³/mol. The molecule has 494 valence electrons. The summed E-state index contributed by atoms with van der Waals surface area (Å²) in [6.07, 6.45) is 25.8. The van der Waals surface area contributed by atoms with E-state index in [-0.39, 0.29) is 0 Å². The van der Waals surface area contributed by atoms with Crippen LogP contribution < -0.4 is 0 Å². The van der Waals surface area contributed by atoms with Crippen molar-refractivity contribution in [1.29, 1.82) is 0 Å². The Morgan fingerprint density at radius 3 is 1.15 bits per heavy atom. The zero-order valence-corrected chi connectivity index (χ0v) is 64.5. The van der Waals surface area contributed by atoms with Crippen LogP contribution in [-0.2, 0) is 0 Å². The average molecular weight is 1150 g/mol. The molecule has 0 aliphatic heterocycles. The molecule has 0 heteroatoms. The van der Waals surface area contributed by atoms with Crippen LogP contribution in [0.5, 0.6) is 0 Å². The summed E-state index contributed by atoms with van der Waals surface area (Å²) in [6.45, 7) is 112. The molecule has 6 unspecified atom stereocenters. The van der Waals surface area contributed by atoms with Crippen LogP contribution in [0.1, 0.15) is 364 Å². The van der Waals surface area contributed by atoms with Gasteiger partial charge in [-0.25, -0.2) is 0 Å². The van der Waals surface area contributed by atoms with Crippen LogP contribution in [-0.4, -0.2) is 0 Å². The fraction of sp³-hybridized carbons (Fsp3) is 0.780. The molecule has 0 saturated heterocycles. The van der Waals surface area contributed by atoms with Gasteiger partial charge in [-0.15, -0.1) is 32.9 Å². The highest BCUT2D eigenvalue weighted by atomic mass is 14.5. The summed E-state index contributed by atoms with van der Waals surface area (Å²) in [5.74, 6) is 2.87. The minimum absolute atomic E-state index is 0.445. The van der Waals surface area contributed by atoms with E-state index < -0.39 is 0 Å². The molecule has 2 aliphatic carbocycles. The summed E-state index contributed by atoms with van der Waals surface area (Å²) in [6, 6.07) is 0. The maximum absolute atomic E-state index is 4.44. The van der Waals surface area contributed by atoms with Gasteiger partial charge in [0.1, 0.15) is 0 Å². The van der Waals surface area contributed by atoms with Gasteiger partial charge in [0.25, 0.3) is 0 Å². The van der Waals surface area contributed by atoms with Crippen LogP contribution in [0.4, 0.5) is 0 Å². The maximum Gasteiger partial charge on any atom is -0.0194 e. The molecule has 0 aromatic heterocycles. The van der Waals surface area contributed by atoms with Gasteiger partial charge in [0, 0.05) is 0 Å². The van der Waals surface area contributed by atoms with Gasteiger partial charge in [0.05, 0.1) is 0 Å². The molecule has 0 aromatic rings. The van der Waals surface area contributed by atoms with E-state index in [1.807, 2.05) is 90.0 Å². The molecule has 0 aromatic carbocycles. The third-order valence-electron chi connectivity index (χ3n) is 14.5. The number of hydrogen-bond donors (Lipinski definition) is 0. The van der Waals surface area contributed by atoms with E-state index in [9.17, 15) is 0 Å². The Kier molecular flexibility index (Phi) is 73.1. The van der Waals surface area contributed by atoms with Crippen LogP contribution in [0.15, 0.2) is 110 Å². The second kappa shape index (κ2) is 59.0. The van der Waals surface area contributed by atoms with Crippen LogP contribution in [0.25, 0.3) is 0 Å². The first-order valence-electron chi connectivity index (χ1n) is 34.3. The third-order valence-corrected chi connectivity index (χ3v) is 14.5. The van der Waals surface area contributed by atoms with Crippen LogP contribution in [0.3, 0.4) is 0 Å². The maximum atomic E-state index is 4.44. The summed E-state index contributed by atoms with van der Waals surface area (Å²) in [7, 11) is 0. The fourth-order valence-corrected chi connectivity index (χ4v) is 11.6. The minimum atomic E-state index is 0.445. The lowest BCUT2D eigenvalue weighted by atomic mass is 9.58. The first-order valence-corrected chi connectivity index (χ1v) is 34.3. The molecule has 0 heterocycles. The van der Waals surface area contributed by atoms with Gasteiger partial charge in [-0.1, -0.05) is 291 Å². The highest BCUT2D eigenvalue weighted by Crippen LogP contribution is 2.53. The highest BCUT2D eigenvalue weighted by molar-refractivity contribution is 5.25. The third kappa shape index (κ3) is 73.8. The van der Waals surface area contributed by atoms with Crippen molar-refractivity contribution >= 4 is 0 Å². The normalized spacial score (nSPS) is 19.2. The number of rotatable bonds is 20.